The van der Waals surface area contributed by atoms with E-state index >= 15 is 0 Å². The fourth-order valence-electron chi connectivity index (χ4n) is 2.88. The van der Waals surface area contributed by atoms with Crippen molar-refractivity contribution in [3.8, 4) is 0 Å². The quantitative estimate of drug-likeness (QED) is 0.728. The first kappa shape index (κ1) is 19.6. The molecule has 1 heterocycles. The topological polar surface area (TPSA) is 78.6 Å². The molecule has 0 bridgehead atoms. The molecule has 1 aromatic rings. The number of nitrogens with zero attached hydrogens (tertiary/aromatic N) is 2. The van der Waals surface area contributed by atoms with Crippen LogP contribution in [0.2, 0.25) is 0 Å². The molecule has 6 nitrogen and oxygen atoms in total. The molecule has 0 saturated carbocycles. The lowest BCUT2D eigenvalue weighted by molar-refractivity contribution is 0.0774. The Hall–Kier alpha value is -1.40. The number of aliphatic hydroxyl groups is 1. The maximum absolute atomic E-state index is 12.4. The van der Waals surface area contributed by atoms with Gasteiger partial charge in [-0.3, -0.25) is 4.79 Å². The number of aliphatic hydroxyl groups excluding tert-OH is 1. The Morgan fingerprint density at radius 1 is 1.39 bits per heavy atom. The summed E-state index contributed by atoms with van der Waals surface area (Å²) < 4.78 is 4.98. The molecule has 2 unspecified atom stereocenters. The van der Waals surface area contributed by atoms with Crippen molar-refractivity contribution >= 4 is 5.91 Å². The van der Waals surface area contributed by atoms with Gasteiger partial charge >= 0.3 is 0 Å². The van der Waals surface area contributed by atoms with Crippen molar-refractivity contribution < 1.29 is 14.4 Å². The minimum atomic E-state index is -0.252. The highest BCUT2D eigenvalue weighted by molar-refractivity contribution is 5.93. The average Bonchev–Trinajstić information content (AvgIpc) is 2.94. The number of carbonyl (C=O) groups is 1. The maximum atomic E-state index is 12.4. The molecular weight excluding hydrogens is 294 g/mol. The maximum Gasteiger partial charge on any atom is 0.273 e. The predicted molar refractivity (Wildman–Crippen MR) is 90.3 cm³/mol. The van der Waals surface area contributed by atoms with Gasteiger partial charge in [-0.05, 0) is 38.8 Å². The zero-order valence-corrected chi connectivity index (χ0v) is 15.3. The minimum Gasteiger partial charge on any atom is -0.388 e. The second kappa shape index (κ2) is 8.45. The summed E-state index contributed by atoms with van der Waals surface area (Å²) >= 11 is 0. The van der Waals surface area contributed by atoms with Gasteiger partial charge < -0.3 is 19.8 Å². The number of amides is 1. The zero-order chi connectivity index (χ0) is 17.6. The highest BCUT2D eigenvalue weighted by Crippen LogP contribution is 2.29. The van der Waals surface area contributed by atoms with E-state index in [0.29, 0.717) is 23.9 Å². The van der Waals surface area contributed by atoms with Gasteiger partial charge in [-0.1, -0.05) is 32.9 Å². The number of hydrogen-bond acceptors (Lipinski definition) is 5. The summed E-state index contributed by atoms with van der Waals surface area (Å²) in [5.41, 5.74) is 0.821. The molecule has 0 aliphatic rings. The number of rotatable bonds is 9. The fraction of sp³-hybridized carbons (Fsp3) is 0.765. The van der Waals surface area contributed by atoms with Crippen LogP contribution >= 0.6 is 0 Å². The zero-order valence-electron chi connectivity index (χ0n) is 15.3. The molecule has 2 N–H and O–H groups in total. The van der Waals surface area contributed by atoms with Crippen LogP contribution in [0, 0.1) is 12.3 Å². The van der Waals surface area contributed by atoms with Crippen LogP contribution in [0.4, 0.5) is 0 Å². The van der Waals surface area contributed by atoms with Crippen LogP contribution in [0.3, 0.4) is 0 Å². The molecule has 0 radical (unpaired) electrons. The molecule has 6 heteroatoms. The SMILES string of the molecule is CCN(CC)C(C)C(C)(CC)CNC(=O)c1noc(CO)c1C. The fourth-order valence-corrected chi connectivity index (χ4v) is 2.88. The van der Waals surface area contributed by atoms with E-state index in [-0.39, 0.29) is 23.6 Å². The molecule has 0 aliphatic heterocycles. The van der Waals surface area contributed by atoms with Crippen LogP contribution in [-0.2, 0) is 6.61 Å². The molecule has 0 spiro atoms. The first-order valence-electron chi connectivity index (χ1n) is 8.42. The third-order valence-electron chi connectivity index (χ3n) is 5.21. The van der Waals surface area contributed by atoms with Gasteiger partial charge in [-0.15, -0.1) is 0 Å². The van der Waals surface area contributed by atoms with E-state index in [1.807, 2.05) is 0 Å². The Labute approximate surface area is 139 Å². The van der Waals surface area contributed by atoms with Crippen molar-refractivity contribution in [1.29, 1.82) is 0 Å². The molecule has 1 aromatic heterocycles. The molecular formula is C17H31N3O3. The third-order valence-corrected chi connectivity index (χ3v) is 5.21. The summed E-state index contributed by atoms with van der Waals surface area (Å²) in [6.07, 6.45) is 0.963. The molecule has 0 aromatic carbocycles. The summed E-state index contributed by atoms with van der Waals surface area (Å²) in [5.74, 6) is 0.0854. The minimum absolute atomic E-state index is 0.0286. The molecule has 0 fully saturated rings. The molecule has 0 aliphatic carbocycles. The van der Waals surface area contributed by atoms with Crippen LogP contribution in [0.5, 0.6) is 0 Å². The molecule has 2 atom stereocenters. The molecule has 0 saturated heterocycles. The van der Waals surface area contributed by atoms with Gasteiger partial charge in [-0.2, -0.15) is 0 Å². The van der Waals surface area contributed by atoms with Crippen molar-refractivity contribution in [2.45, 2.75) is 60.6 Å². The molecule has 1 rings (SSSR count). The summed E-state index contributed by atoms with van der Waals surface area (Å²) in [6, 6.07) is 0.356. The Morgan fingerprint density at radius 3 is 2.43 bits per heavy atom. The van der Waals surface area contributed by atoms with Crippen molar-refractivity contribution in [3.05, 3.63) is 17.0 Å². The van der Waals surface area contributed by atoms with Crippen LogP contribution < -0.4 is 5.32 Å². The standard InChI is InChI=1S/C17H31N3O3/c1-7-17(6,13(5)20(8-2)9-3)11-18-16(22)15-12(4)14(10-21)23-19-15/h13,21H,7-11H2,1-6H3,(H,18,22). The molecule has 23 heavy (non-hydrogen) atoms. The van der Waals surface area contributed by atoms with E-state index in [1.165, 1.54) is 0 Å². The van der Waals surface area contributed by atoms with E-state index in [0.717, 1.165) is 19.5 Å². The van der Waals surface area contributed by atoms with Crippen molar-refractivity contribution in [2.75, 3.05) is 19.6 Å². The van der Waals surface area contributed by atoms with Gasteiger partial charge in [0.2, 0.25) is 0 Å². The largest absolute Gasteiger partial charge is 0.388 e. The van der Waals surface area contributed by atoms with Crippen LogP contribution in [0.25, 0.3) is 0 Å². The third kappa shape index (κ3) is 4.32. The van der Waals surface area contributed by atoms with Gasteiger partial charge in [0.1, 0.15) is 6.61 Å². The first-order valence-corrected chi connectivity index (χ1v) is 8.42. The van der Waals surface area contributed by atoms with Crippen LogP contribution in [0.15, 0.2) is 4.52 Å². The average molecular weight is 325 g/mol. The Balaban J connectivity index is 2.79. The number of nitrogens with one attached hydrogen (secondary N) is 1. The van der Waals surface area contributed by atoms with Gasteiger partial charge in [0, 0.05) is 18.2 Å². The monoisotopic (exact) mass is 325 g/mol. The van der Waals surface area contributed by atoms with Crippen molar-refractivity contribution in [3.63, 3.8) is 0 Å². The van der Waals surface area contributed by atoms with Crippen LogP contribution in [-0.4, -0.2) is 46.7 Å². The lowest BCUT2D eigenvalue weighted by Crippen LogP contribution is -2.50. The second-order valence-corrected chi connectivity index (χ2v) is 6.32. The lowest BCUT2D eigenvalue weighted by atomic mass is 9.79. The van der Waals surface area contributed by atoms with E-state index in [2.05, 4.69) is 50.0 Å². The Bertz CT molecular complexity index is 511. The summed E-state index contributed by atoms with van der Waals surface area (Å²) in [7, 11) is 0. The van der Waals surface area contributed by atoms with Gasteiger partial charge in [-0.25, -0.2) is 0 Å². The van der Waals surface area contributed by atoms with Gasteiger partial charge in [0.25, 0.3) is 5.91 Å². The highest BCUT2D eigenvalue weighted by atomic mass is 16.5. The van der Waals surface area contributed by atoms with Crippen molar-refractivity contribution in [2.24, 2.45) is 5.41 Å². The number of carbonyl (C=O) groups excluding carboxylic acids is 1. The smallest absolute Gasteiger partial charge is 0.273 e. The van der Waals surface area contributed by atoms with E-state index < -0.39 is 0 Å². The first-order chi connectivity index (χ1) is 10.8. The van der Waals surface area contributed by atoms with Gasteiger partial charge in [0.15, 0.2) is 11.5 Å². The normalized spacial score (nSPS) is 15.5. The van der Waals surface area contributed by atoms with Gasteiger partial charge in [0.05, 0.1) is 0 Å². The molecule has 1 amide bonds. The van der Waals surface area contributed by atoms with Crippen LogP contribution in [0.1, 0.15) is 62.9 Å². The predicted octanol–water partition coefficient (Wildman–Crippen LogP) is 2.35. The van der Waals surface area contributed by atoms with Crippen molar-refractivity contribution in [1.82, 2.24) is 15.4 Å². The Morgan fingerprint density at radius 2 is 2.00 bits per heavy atom. The highest BCUT2D eigenvalue weighted by Gasteiger charge is 2.33. The summed E-state index contributed by atoms with van der Waals surface area (Å²) in [4.78, 5) is 14.8. The summed E-state index contributed by atoms with van der Waals surface area (Å²) in [6.45, 7) is 14.9. The van der Waals surface area contributed by atoms with E-state index in [1.54, 1.807) is 6.92 Å². The second-order valence-electron chi connectivity index (χ2n) is 6.32. The number of aromatic nitrogens is 1. The lowest BCUT2D eigenvalue weighted by Gasteiger charge is -2.41. The number of hydrogen-bond donors (Lipinski definition) is 2. The van der Waals surface area contributed by atoms with E-state index in [4.69, 9.17) is 9.63 Å². The Kier molecular flexibility index (Phi) is 7.22. The molecule has 132 valence electrons. The summed E-state index contributed by atoms with van der Waals surface area (Å²) in [5, 5.41) is 15.9. The van der Waals surface area contributed by atoms with E-state index in [9.17, 15) is 4.79 Å².